The molecule has 4 rings (SSSR count). The van der Waals surface area contributed by atoms with Crippen molar-refractivity contribution in [2.75, 3.05) is 19.6 Å². The lowest BCUT2D eigenvalue weighted by molar-refractivity contribution is 0.0759. The second-order valence-electron chi connectivity index (χ2n) is 8.02. The summed E-state index contributed by atoms with van der Waals surface area (Å²) in [6.07, 6.45) is 4.14. The highest BCUT2D eigenvalue weighted by atomic mass is 19.1. The summed E-state index contributed by atoms with van der Waals surface area (Å²) >= 11 is 0. The molecule has 1 amide bonds. The molecule has 2 aromatic carbocycles. The lowest BCUT2D eigenvalue weighted by Gasteiger charge is -2.17. The van der Waals surface area contributed by atoms with Crippen molar-refractivity contribution < 1.29 is 19.0 Å². The van der Waals surface area contributed by atoms with Gasteiger partial charge in [-0.15, -0.1) is 0 Å². The number of benzene rings is 2. The fraction of sp³-hybridized carbons (Fsp3) is 0.280. The van der Waals surface area contributed by atoms with Crippen LogP contribution in [-0.4, -0.2) is 46.6 Å². The molecule has 1 aromatic heterocycles. The van der Waals surface area contributed by atoms with Crippen LogP contribution < -0.4 is 10.5 Å². The highest BCUT2D eigenvalue weighted by Gasteiger charge is 2.35. The minimum atomic E-state index is -0.665. The first-order valence-corrected chi connectivity index (χ1v) is 10.7. The van der Waals surface area contributed by atoms with Crippen LogP contribution in [0.3, 0.4) is 0 Å². The van der Waals surface area contributed by atoms with Gasteiger partial charge in [0.25, 0.3) is 5.91 Å². The molecule has 0 saturated carbocycles. The number of aliphatic hydroxyl groups is 1. The molecule has 0 aliphatic carbocycles. The fourth-order valence-corrected chi connectivity index (χ4v) is 3.97. The Balaban J connectivity index is 1.45. The summed E-state index contributed by atoms with van der Waals surface area (Å²) in [5.74, 6) is -0.231. The van der Waals surface area contributed by atoms with Crippen LogP contribution in [-0.2, 0) is 12.8 Å². The first-order valence-electron chi connectivity index (χ1n) is 10.7. The number of carbonyl (C=O) groups is 1. The molecule has 3 N–H and O–H groups in total. The van der Waals surface area contributed by atoms with Gasteiger partial charge in [-0.1, -0.05) is 12.1 Å². The molecule has 7 heteroatoms. The number of aliphatic hydroxyl groups excluding tert-OH is 1. The Morgan fingerprint density at radius 1 is 1.06 bits per heavy atom. The zero-order valence-corrected chi connectivity index (χ0v) is 17.7. The molecular weight excluding hydrogens is 409 g/mol. The van der Waals surface area contributed by atoms with E-state index >= 15 is 0 Å². The van der Waals surface area contributed by atoms with Crippen LogP contribution in [0.1, 0.15) is 21.5 Å². The van der Waals surface area contributed by atoms with Crippen molar-refractivity contribution >= 4 is 5.91 Å². The molecule has 166 valence electrons. The van der Waals surface area contributed by atoms with Gasteiger partial charge < -0.3 is 20.5 Å². The predicted octanol–water partition coefficient (Wildman–Crippen LogP) is 3.19. The third-order valence-corrected chi connectivity index (χ3v) is 5.70. The summed E-state index contributed by atoms with van der Waals surface area (Å²) in [7, 11) is 0. The van der Waals surface area contributed by atoms with E-state index in [9.17, 15) is 14.3 Å². The Kier molecular flexibility index (Phi) is 6.78. The molecule has 0 bridgehead atoms. The smallest absolute Gasteiger partial charge is 0.257 e. The summed E-state index contributed by atoms with van der Waals surface area (Å²) in [6, 6.07) is 15.4. The van der Waals surface area contributed by atoms with Gasteiger partial charge in [-0.3, -0.25) is 9.78 Å². The molecule has 3 aromatic rings. The normalized spacial score (nSPS) is 18.0. The monoisotopic (exact) mass is 435 g/mol. The van der Waals surface area contributed by atoms with Crippen molar-refractivity contribution in [1.82, 2.24) is 9.88 Å². The minimum Gasteiger partial charge on any atom is -0.457 e. The average molecular weight is 435 g/mol. The van der Waals surface area contributed by atoms with E-state index in [4.69, 9.17) is 10.5 Å². The van der Waals surface area contributed by atoms with Gasteiger partial charge in [0.05, 0.1) is 11.7 Å². The summed E-state index contributed by atoms with van der Waals surface area (Å²) < 4.78 is 20.3. The maximum atomic E-state index is 14.5. The van der Waals surface area contributed by atoms with Crippen molar-refractivity contribution in [3.05, 3.63) is 89.5 Å². The molecular formula is C25H26FN3O3. The van der Waals surface area contributed by atoms with E-state index in [0.717, 1.165) is 17.5 Å². The van der Waals surface area contributed by atoms with Crippen LogP contribution in [0.15, 0.2) is 67.0 Å². The van der Waals surface area contributed by atoms with Gasteiger partial charge in [-0.2, -0.15) is 0 Å². The fourth-order valence-electron chi connectivity index (χ4n) is 3.97. The van der Waals surface area contributed by atoms with Crippen molar-refractivity contribution in [3.8, 4) is 11.5 Å². The van der Waals surface area contributed by atoms with Crippen LogP contribution in [0.4, 0.5) is 4.39 Å². The number of β-amino-alcohol motifs (C(OH)–C–C–N with tert-alkyl or cyclic N) is 1. The Bertz CT molecular complexity index is 1060. The van der Waals surface area contributed by atoms with Crippen LogP contribution in [0.5, 0.6) is 11.5 Å². The maximum Gasteiger partial charge on any atom is 0.257 e. The third-order valence-electron chi connectivity index (χ3n) is 5.70. The molecule has 2 atom stereocenters. The number of ether oxygens (including phenoxy) is 1. The van der Waals surface area contributed by atoms with Gasteiger partial charge in [0.2, 0.25) is 0 Å². The third kappa shape index (κ3) is 5.12. The first kappa shape index (κ1) is 21.9. The number of nitrogens with two attached hydrogens (primary N) is 1. The van der Waals surface area contributed by atoms with Gasteiger partial charge in [0.1, 0.15) is 17.3 Å². The predicted molar refractivity (Wildman–Crippen MR) is 119 cm³/mol. The van der Waals surface area contributed by atoms with E-state index in [1.807, 2.05) is 36.4 Å². The standard InChI is InChI=1S/C25H26FN3O3/c26-23-6-5-21(32-20-3-1-17(2-4-20)7-10-27)14-22(23)25(31)29-15-19(24(30)16-29)13-18-8-11-28-12-9-18/h1-6,8-9,11-12,14,19,24,30H,7,10,13,15-16,27H2/t19-,24-/m1/s1. The molecule has 32 heavy (non-hydrogen) atoms. The van der Waals surface area contributed by atoms with Gasteiger partial charge in [-0.05, 0) is 73.0 Å². The summed E-state index contributed by atoms with van der Waals surface area (Å²) in [4.78, 5) is 18.5. The van der Waals surface area contributed by atoms with Gasteiger partial charge in [-0.25, -0.2) is 4.39 Å². The second-order valence-corrected chi connectivity index (χ2v) is 8.02. The molecule has 0 unspecified atom stereocenters. The number of amides is 1. The number of hydrogen-bond acceptors (Lipinski definition) is 5. The summed E-state index contributed by atoms with van der Waals surface area (Å²) in [5, 5.41) is 10.5. The van der Waals surface area contributed by atoms with E-state index < -0.39 is 17.8 Å². The van der Waals surface area contributed by atoms with Crippen molar-refractivity contribution in [2.45, 2.75) is 18.9 Å². The van der Waals surface area contributed by atoms with Crippen LogP contribution >= 0.6 is 0 Å². The number of pyridine rings is 1. The molecule has 0 spiro atoms. The molecule has 1 aliphatic heterocycles. The van der Waals surface area contributed by atoms with Gasteiger partial charge in [0, 0.05) is 31.4 Å². The lowest BCUT2D eigenvalue weighted by Crippen LogP contribution is -2.30. The van der Waals surface area contributed by atoms with Gasteiger partial charge in [0.15, 0.2) is 0 Å². The maximum absolute atomic E-state index is 14.5. The van der Waals surface area contributed by atoms with E-state index in [2.05, 4.69) is 4.98 Å². The number of rotatable bonds is 7. The SMILES string of the molecule is NCCc1ccc(Oc2ccc(F)c(C(=O)N3C[C@@H](Cc4ccncc4)[C@H](O)C3)c2)cc1. The number of likely N-dealkylation sites (tertiary alicyclic amines) is 1. The topological polar surface area (TPSA) is 88.7 Å². The zero-order valence-electron chi connectivity index (χ0n) is 17.7. The van der Waals surface area contributed by atoms with Crippen LogP contribution in [0.2, 0.25) is 0 Å². The molecule has 0 radical (unpaired) electrons. The van der Waals surface area contributed by atoms with Gasteiger partial charge >= 0.3 is 0 Å². The van der Waals surface area contributed by atoms with E-state index in [0.29, 0.717) is 31.0 Å². The Morgan fingerprint density at radius 2 is 1.78 bits per heavy atom. The van der Waals surface area contributed by atoms with Crippen LogP contribution in [0, 0.1) is 11.7 Å². The minimum absolute atomic E-state index is 0.0704. The van der Waals surface area contributed by atoms with Crippen LogP contribution in [0.25, 0.3) is 0 Å². The van der Waals surface area contributed by atoms with E-state index in [1.165, 1.54) is 23.1 Å². The summed E-state index contributed by atoms with van der Waals surface area (Å²) in [5.41, 5.74) is 7.64. The quantitative estimate of drug-likeness (QED) is 0.595. The van der Waals surface area contributed by atoms with E-state index in [-0.39, 0.29) is 18.0 Å². The largest absolute Gasteiger partial charge is 0.457 e. The lowest BCUT2D eigenvalue weighted by atomic mass is 9.97. The number of carbonyl (C=O) groups excluding carboxylic acids is 1. The number of halogens is 1. The second kappa shape index (κ2) is 9.89. The average Bonchev–Trinajstić information content (AvgIpc) is 3.17. The Morgan fingerprint density at radius 3 is 2.50 bits per heavy atom. The zero-order chi connectivity index (χ0) is 22.5. The number of nitrogens with zero attached hydrogens (tertiary/aromatic N) is 2. The molecule has 1 saturated heterocycles. The first-order chi connectivity index (χ1) is 15.5. The highest BCUT2D eigenvalue weighted by molar-refractivity contribution is 5.95. The summed E-state index contributed by atoms with van der Waals surface area (Å²) in [6.45, 7) is 1.09. The highest BCUT2D eigenvalue weighted by Crippen LogP contribution is 2.27. The number of hydrogen-bond donors (Lipinski definition) is 2. The Labute approximate surface area is 186 Å². The van der Waals surface area contributed by atoms with Crippen molar-refractivity contribution in [3.63, 3.8) is 0 Å². The Hall–Kier alpha value is -3.29. The van der Waals surface area contributed by atoms with Crippen molar-refractivity contribution in [1.29, 1.82) is 0 Å². The van der Waals surface area contributed by atoms with Crippen molar-refractivity contribution in [2.24, 2.45) is 11.7 Å². The number of aromatic nitrogens is 1. The molecule has 6 nitrogen and oxygen atoms in total. The van der Waals surface area contributed by atoms with E-state index in [1.54, 1.807) is 12.4 Å². The molecule has 1 aliphatic rings. The molecule has 1 fully saturated rings. The molecule has 2 heterocycles.